The second-order valence-corrected chi connectivity index (χ2v) is 7.87. The van der Waals surface area contributed by atoms with Crippen LogP contribution >= 0.6 is 0 Å². The molecule has 10 heteroatoms. The summed E-state index contributed by atoms with van der Waals surface area (Å²) < 4.78 is 12.0. The highest BCUT2D eigenvalue weighted by atomic mass is 16.5. The highest BCUT2D eigenvalue weighted by molar-refractivity contribution is 5.96. The van der Waals surface area contributed by atoms with Gasteiger partial charge in [-0.25, -0.2) is 4.79 Å². The third-order valence-electron chi connectivity index (χ3n) is 4.80. The number of ether oxygens (including phenoxy) is 2. The fraction of sp³-hybridized carbons (Fsp3) is 0.737. The van der Waals surface area contributed by atoms with Crippen molar-refractivity contribution in [3.63, 3.8) is 0 Å². The van der Waals surface area contributed by atoms with Gasteiger partial charge < -0.3 is 20.1 Å². The molecule has 0 aromatic carbocycles. The number of carbonyl (C=O) groups is 1. The van der Waals surface area contributed by atoms with Crippen LogP contribution < -0.4 is 21.9 Å². The molecule has 1 saturated heterocycles. The Morgan fingerprint density at radius 2 is 2.14 bits per heavy atom. The molecule has 3 N–H and O–H groups in total. The number of nitrogen functional groups attached to an aromatic ring is 1. The van der Waals surface area contributed by atoms with E-state index in [2.05, 4.69) is 4.98 Å². The molecule has 1 aliphatic heterocycles. The zero-order valence-electron chi connectivity index (χ0n) is 17.8. The number of anilines is 2. The lowest BCUT2D eigenvalue weighted by Crippen LogP contribution is -2.46. The van der Waals surface area contributed by atoms with E-state index in [-0.39, 0.29) is 49.1 Å². The highest BCUT2D eigenvalue weighted by Gasteiger charge is 2.26. The molecular weight excluding hydrogens is 378 g/mol. The lowest BCUT2D eigenvalue weighted by Gasteiger charge is -2.27. The van der Waals surface area contributed by atoms with Gasteiger partial charge in [-0.1, -0.05) is 13.8 Å². The monoisotopic (exact) mass is 411 g/mol. The minimum atomic E-state index is -0.682. The molecule has 164 valence electrons. The molecule has 1 unspecified atom stereocenters. The molecule has 1 aromatic rings. The van der Waals surface area contributed by atoms with Gasteiger partial charge in [-0.2, -0.15) is 0 Å². The number of amides is 1. The van der Waals surface area contributed by atoms with E-state index in [1.54, 1.807) is 0 Å². The molecule has 1 fully saturated rings. The maximum absolute atomic E-state index is 13.0. The highest BCUT2D eigenvalue weighted by Crippen LogP contribution is 2.18. The first-order valence-corrected chi connectivity index (χ1v) is 9.96. The standard InChI is InChI=1S/C19H33N5O5/c1-13(2)10-24-17(20)16(18(26)21-19(24)27)23(7-9-28-4)15(25)12-22(3)11-14-6-5-8-29-14/h13-14H,5-12,20H2,1-4H3,(H,21,26,27). The number of rotatable bonds is 10. The number of carbonyl (C=O) groups excluding carboxylic acids is 1. The topological polar surface area (TPSA) is 123 Å². The first kappa shape index (κ1) is 23.1. The van der Waals surface area contributed by atoms with Gasteiger partial charge in [-0.15, -0.1) is 0 Å². The second-order valence-electron chi connectivity index (χ2n) is 7.87. The fourth-order valence-corrected chi connectivity index (χ4v) is 3.45. The van der Waals surface area contributed by atoms with Crippen LogP contribution in [-0.2, 0) is 20.8 Å². The summed E-state index contributed by atoms with van der Waals surface area (Å²) in [6, 6.07) is 0. The van der Waals surface area contributed by atoms with E-state index < -0.39 is 11.2 Å². The zero-order chi connectivity index (χ0) is 21.6. The summed E-state index contributed by atoms with van der Waals surface area (Å²) in [5, 5.41) is 0. The number of nitrogens with two attached hydrogens (primary N) is 1. The number of H-pyrrole nitrogens is 1. The van der Waals surface area contributed by atoms with E-state index >= 15 is 0 Å². The smallest absolute Gasteiger partial charge is 0.330 e. The maximum Gasteiger partial charge on any atom is 0.330 e. The van der Waals surface area contributed by atoms with Crippen molar-refractivity contribution >= 4 is 17.4 Å². The van der Waals surface area contributed by atoms with Crippen LogP contribution in [0.2, 0.25) is 0 Å². The summed E-state index contributed by atoms with van der Waals surface area (Å²) in [7, 11) is 3.35. The molecule has 1 aliphatic rings. The molecule has 0 spiro atoms. The number of likely N-dealkylation sites (N-methyl/N-ethyl adjacent to an activating group) is 1. The van der Waals surface area contributed by atoms with Gasteiger partial charge in [0.25, 0.3) is 5.56 Å². The van der Waals surface area contributed by atoms with Gasteiger partial charge in [0, 0.05) is 33.4 Å². The summed E-state index contributed by atoms with van der Waals surface area (Å²) in [5.74, 6) is -0.178. The second kappa shape index (κ2) is 10.6. The van der Waals surface area contributed by atoms with E-state index in [0.29, 0.717) is 13.1 Å². The number of nitrogens with zero attached hydrogens (tertiary/aromatic N) is 3. The van der Waals surface area contributed by atoms with Crippen molar-refractivity contribution < 1.29 is 14.3 Å². The van der Waals surface area contributed by atoms with Crippen molar-refractivity contribution in [2.75, 3.05) is 57.6 Å². The zero-order valence-corrected chi connectivity index (χ0v) is 17.8. The Bertz CT molecular complexity index is 797. The molecule has 1 amide bonds. The molecule has 0 bridgehead atoms. The van der Waals surface area contributed by atoms with Crippen molar-refractivity contribution in [1.82, 2.24) is 14.5 Å². The Labute approximate surface area is 170 Å². The van der Waals surface area contributed by atoms with Crippen molar-refractivity contribution in [2.45, 2.75) is 39.3 Å². The summed E-state index contributed by atoms with van der Waals surface area (Å²) in [6.45, 7) is 6.04. The molecule has 10 nitrogen and oxygen atoms in total. The number of methoxy groups -OCH3 is 1. The summed E-state index contributed by atoms with van der Waals surface area (Å²) in [5.41, 5.74) is 4.90. The van der Waals surface area contributed by atoms with Crippen LogP contribution in [0.25, 0.3) is 0 Å². The van der Waals surface area contributed by atoms with Crippen LogP contribution in [0.1, 0.15) is 26.7 Å². The van der Waals surface area contributed by atoms with Crippen molar-refractivity contribution in [2.24, 2.45) is 5.92 Å². The SMILES string of the molecule is COCCN(C(=O)CN(C)CC1CCCO1)c1c(N)n(CC(C)C)c(=O)[nH]c1=O. The predicted octanol–water partition coefficient (Wildman–Crippen LogP) is -0.135. The Morgan fingerprint density at radius 1 is 1.41 bits per heavy atom. The van der Waals surface area contributed by atoms with Gasteiger partial charge >= 0.3 is 5.69 Å². The number of aromatic amines is 1. The van der Waals surface area contributed by atoms with Gasteiger partial charge in [0.1, 0.15) is 5.82 Å². The number of nitrogens with one attached hydrogen (secondary N) is 1. The fourth-order valence-electron chi connectivity index (χ4n) is 3.45. The van der Waals surface area contributed by atoms with Gasteiger partial charge in [-0.3, -0.25) is 24.0 Å². The van der Waals surface area contributed by atoms with Gasteiger partial charge in [0.15, 0.2) is 5.69 Å². The van der Waals surface area contributed by atoms with Gasteiger partial charge in [0.05, 0.1) is 19.3 Å². The molecule has 1 aromatic heterocycles. The first-order valence-electron chi connectivity index (χ1n) is 9.96. The van der Waals surface area contributed by atoms with Gasteiger partial charge in [-0.05, 0) is 25.8 Å². The van der Waals surface area contributed by atoms with Crippen LogP contribution in [0.3, 0.4) is 0 Å². The lowest BCUT2D eigenvalue weighted by molar-refractivity contribution is -0.119. The van der Waals surface area contributed by atoms with Crippen molar-refractivity contribution in [3.8, 4) is 0 Å². The largest absolute Gasteiger partial charge is 0.383 e. The van der Waals surface area contributed by atoms with E-state index in [1.165, 1.54) is 16.6 Å². The summed E-state index contributed by atoms with van der Waals surface area (Å²) in [6.07, 6.45) is 2.11. The summed E-state index contributed by atoms with van der Waals surface area (Å²) in [4.78, 5) is 43.3. The molecule has 1 atom stereocenters. The average molecular weight is 412 g/mol. The Morgan fingerprint density at radius 3 is 2.72 bits per heavy atom. The van der Waals surface area contributed by atoms with Crippen LogP contribution in [0.5, 0.6) is 0 Å². The number of hydrogen-bond acceptors (Lipinski definition) is 7. The molecule has 0 radical (unpaired) electrons. The normalized spacial score (nSPS) is 16.7. The van der Waals surface area contributed by atoms with Crippen LogP contribution in [-0.4, -0.2) is 73.5 Å². The molecule has 0 aliphatic carbocycles. The molecule has 2 heterocycles. The van der Waals surface area contributed by atoms with E-state index in [9.17, 15) is 14.4 Å². The molecule has 2 rings (SSSR count). The van der Waals surface area contributed by atoms with Crippen molar-refractivity contribution in [3.05, 3.63) is 20.8 Å². The lowest BCUT2D eigenvalue weighted by atomic mass is 10.2. The average Bonchev–Trinajstić information content (AvgIpc) is 3.13. The van der Waals surface area contributed by atoms with E-state index in [0.717, 1.165) is 19.4 Å². The number of aromatic nitrogens is 2. The van der Waals surface area contributed by atoms with Crippen LogP contribution in [0.15, 0.2) is 9.59 Å². The molecule has 0 saturated carbocycles. The first-order chi connectivity index (χ1) is 13.7. The third-order valence-corrected chi connectivity index (χ3v) is 4.80. The molecule has 29 heavy (non-hydrogen) atoms. The Balaban J connectivity index is 2.29. The van der Waals surface area contributed by atoms with Crippen molar-refractivity contribution in [1.29, 1.82) is 0 Å². The number of hydrogen-bond donors (Lipinski definition) is 2. The Hall–Kier alpha value is -2.17. The van der Waals surface area contributed by atoms with E-state index in [1.807, 2.05) is 25.8 Å². The maximum atomic E-state index is 13.0. The van der Waals surface area contributed by atoms with Crippen LogP contribution in [0, 0.1) is 5.92 Å². The van der Waals surface area contributed by atoms with E-state index in [4.69, 9.17) is 15.2 Å². The predicted molar refractivity (Wildman–Crippen MR) is 111 cm³/mol. The van der Waals surface area contributed by atoms with Gasteiger partial charge in [0.2, 0.25) is 5.91 Å². The molecular formula is C19H33N5O5. The minimum Gasteiger partial charge on any atom is -0.383 e. The minimum absolute atomic E-state index is 0.0151. The summed E-state index contributed by atoms with van der Waals surface area (Å²) >= 11 is 0. The van der Waals surface area contributed by atoms with Crippen LogP contribution in [0.4, 0.5) is 11.5 Å². The quantitative estimate of drug-likeness (QED) is 0.549. The Kier molecular flexibility index (Phi) is 8.42. The third kappa shape index (κ3) is 6.15.